The lowest BCUT2D eigenvalue weighted by molar-refractivity contribution is 0.0746. The van der Waals surface area contributed by atoms with Crippen molar-refractivity contribution in [1.82, 2.24) is 0 Å². The van der Waals surface area contributed by atoms with Gasteiger partial charge in [-0.15, -0.1) is 0 Å². The molecule has 0 radical (unpaired) electrons. The molecule has 0 aliphatic carbocycles. The number of aryl methyl sites for hydroxylation is 1. The first-order valence-electron chi connectivity index (χ1n) is 5.63. The molecule has 0 aliphatic heterocycles. The number of carbonyl (C=O) groups excluding carboxylic acids is 1. The predicted octanol–water partition coefficient (Wildman–Crippen LogP) is 3.56. The van der Waals surface area contributed by atoms with Crippen molar-refractivity contribution in [2.24, 2.45) is 0 Å². The third-order valence-electron chi connectivity index (χ3n) is 2.86. The van der Waals surface area contributed by atoms with Crippen LogP contribution in [0.5, 0.6) is 0 Å². The zero-order chi connectivity index (χ0) is 13.1. The number of ketones is 1. The molecule has 0 amide bonds. The molecule has 0 aromatic heterocycles. The van der Waals surface area contributed by atoms with Crippen molar-refractivity contribution in [3.05, 3.63) is 70.2 Å². The van der Waals surface area contributed by atoms with Crippen LogP contribution in [0.1, 0.15) is 27.6 Å². The van der Waals surface area contributed by atoms with Crippen molar-refractivity contribution in [2.75, 3.05) is 0 Å². The maximum atomic E-state index is 12.1. The number of aliphatic hydroxyl groups excluding tert-OH is 1. The largest absolute Gasteiger partial charge is 0.380 e. The van der Waals surface area contributed by atoms with Crippen molar-refractivity contribution in [2.45, 2.75) is 13.0 Å². The zero-order valence-corrected chi connectivity index (χ0v) is 10.7. The standard InChI is InChI=1S/C15H13ClO2/c1-10-4-2-3-5-13(10)15(18)14(17)11-6-8-12(16)9-7-11/h2-9,15,18H,1H3. The summed E-state index contributed by atoms with van der Waals surface area (Å²) in [5, 5.41) is 10.7. The van der Waals surface area contributed by atoms with E-state index in [9.17, 15) is 9.90 Å². The van der Waals surface area contributed by atoms with Gasteiger partial charge in [0.05, 0.1) is 0 Å². The van der Waals surface area contributed by atoms with E-state index < -0.39 is 6.10 Å². The maximum absolute atomic E-state index is 12.1. The molecular formula is C15H13ClO2. The average molecular weight is 261 g/mol. The number of hydrogen-bond acceptors (Lipinski definition) is 2. The molecule has 92 valence electrons. The molecule has 2 nitrogen and oxygen atoms in total. The number of carbonyl (C=O) groups is 1. The van der Waals surface area contributed by atoms with Crippen LogP contribution in [-0.4, -0.2) is 10.9 Å². The molecule has 1 atom stereocenters. The molecule has 0 aliphatic rings. The van der Waals surface area contributed by atoms with E-state index in [4.69, 9.17) is 11.6 Å². The van der Waals surface area contributed by atoms with Crippen LogP contribution in [0.25, 0.3) is 0 Å². The summed E-state index contributed by atoms with van der Waals surface area (Å²) in [6, 6.07) is 13.8. The van der Waals surface area contributed by atoms with Gasteiger partial charge in [0.15, 0.2) is 5.78 Å². The minimum Gasteiger partial charge on any atom is -0.380 e. The van der Waals surface area contributed by atoms with E-state index in [0.29, 0.717) is 16.1 Å². The molecule has 0 heterocycles. The first kappa shape index (κ1) is 12.8. The van der Waals surface area contributed by atoms with Crippen molar-refractivity contribution in [3.8, 4) is 0 Å². The number of rotatable bonds is 3. The highest BCUT2D eigenvalue weighted by molar-refractivity contribution is 6.30. The van der Waals surface area contributed by atoms with Gasteiger partial charge in [0.2, 0.25) is 0 Å². The summed E-state index contributed by atoms with van der Waals surface area (Å²) in [5.74, 6) is -0.319. The molecule has 2 aromatic rings. The number of hydrogen-bond donors (Lipinski definition) is 1. The van der Waals surface area contributed by atoms with Crippen molar-refractivity contribution < 1.29 is 9.90 Å². The topological polar surface area (TPSA) is 37.3 Å². The molecule has 3 heteroatoms. The summed E-state index contributed by atoms with van der Waals surface area (Å²) in [7, 11) is 0. The SMILES string of the molecule is Cc1ccccc1C(O)C(=O)c1ccc(Cl)cc1. The maximum Gasteiger partial charge on any atom is 0.195 e. The van der Waals surface area contributed by atoms with Crippen LogP contribution >= 0.6 is 11.6 Å². The summed E-state index contributed by atoms with van der Waals surface area (Å²) in [6.07, 6.45) is -1.13. The minimum absolute atomic E-state index is 0.319. The van der Waals surface area contributed by atoms with E-state index in [1.165, 1.54) is 0 Å². The van der Waals surface area contributed by atoms with Crippen LogP contribution in [0, 0.1) is 6.92 Å². The van der Waals surface area contributed by atoms with E-state index in [0.717, 1.165) is 5.56 Å². The Labute approximate surface area is 111 Å². The van der Waals surface area contributed by atoms with Crippen molar-refractivity contribution in [3.63, 3.8) is 0 Å². The average Bonchev–Trinajstić information content (AvgIpc) is 2.38. The lowest BCUT2D eigenvalue weighted by atomic mass is 9.97. The van der Waals surface area contributed by atoms with Crippen molar-refractivity contribution >= 4 is 17.4 Å². The van der Waals surface area contributed by atoms with Crippen LogP contribution in [-0.2, 0) is 0 Å². The van der Waals surface area contributed by atoms with Gasteiger partial charge in [-0.25, -0.2) is 0 Å². The molecule has 0 saturated carbocycles. The molecule has 0 saturated heterocycles. The van der Waals surface area contributed by atoms with E-state index in [-0.39, 0.29) is 5.78 Å². The molecular weight excluding hydrogens is 248 g/mol. The Hall–Kier alpha value is -1.64. The van der Waals surface area contributed by atoms with Gasteiger partial charge >= 0.3 is 0 Å². The molecule has 2 aromatic carbocycles. The van der Waals surface area contributed by atoms with Crippen LogP contribution in [0.4, 0.5) is 0 Å². The van der Waals surface area contributed by atoms with E-state index in [2.05, 4.69) is 0 Å². The first-order chi connectivity index (χ1) is 8.59. The zero-order valence-electron chi connectivity index (χ0n) is 9.93. The van der Waals surface area contributed by atoms with Gasteiger partial charge in [0.1, 0.15) is 6.10 Å². The molecule has 0 bridgehead atoms. The fraction of sp³-hybridized carbons (Fsp3) is 0.133. The summed E-state index contributed by atoms with van der Waals surface area (Å²) in [6.45, 7) is 1.87. The molecule has 1 N–H and O–H groups in total. The smallest absolute Gasteiger partial charge is 0.195 e. The fourth-order valence-electron chi connectivity index (χ4n) is 1.81. The summed E-state index contributed by atoms with van der Waals surface area (Å²) in [5.41, 5.74) is 1.99. The lowest BCUT2D eigenvalue weighted by Gasteiger charge is -2.12. The van der Waals surface area contributed by atoms with Gasteiger partial charge in [0.25, 0.3) is 0 Å². The fourth-order valence-corrected chi connectivity index (χ4v) is 1.93. The Bertz CT molecular complexity index is 561. The van der Waals surface area contributed by atoms with E-state index >= 15 is 0 Å². The number of aliphatic hydroxyl groups is 1. The Balaban J connectivity index is 2.29. The van der Waals surface area contributed by atoms with Gasteiger partial charge < -0.3 is 5.11 Å². The van der Waals surface area contributed by atoms with Crippen molar-refractivity contribution in [1.29, 1.82) is 0 Å². The van der Waals surface area contributed by atoms with Gasteiger partial charge in [-0.3, -0.25) is 4.79 Å². The third-order valence-corrected chi connectivity index (χ3v) is 3.11. The Kier molecular flexibility index (Phi) is 3.80. The highest BCUT2D eigenvalue weighted by Gasteiger charge is 2.20. The normalized spacial score (nSPS) is 12.2. The van der Waals surface area contributed by atoms with Gasteiger partial charge in [-0.1, -0.05) is 35.9 Å². The number of halogens is 1. The Morgan fingerprint density at radius 2 is 1.72 bits per heavy atom. The molecule has 18 heavy (non-hydrogen) atoms. The van der Waals surface area contributed by atoms with E-state index in [1.54, 1.807) is 36.4 Å². The Morgan fingerprint density at radius 3 is 2.33 bits per heavy atom. The minimum atomic E-state index is -1.13. The lowest BCUT2D eigenvalue weighted by Crippen LogP contribution is -2.13. The second-order valence-electron chi connectivity index (χ2n) is 4.13. The number of Topliss-reactive ketones (excluding diaryl/α,β-unsaturated/α-hetero) is 1. The van der Waals surface area contributed by atoms with Gasteiger partial charge in [0, 0.05) is 10.6 Å². The monoisotopic (exact) mass is 260 g/mol. The second kappa shape index (κ2) is 5.34. The molecule has 1 unspecified atom stereocenters. The van der Waals surface area contributed by atoms with E-state index in [1.807, 2.05) is 19.1 Å². The number of benzene rings is 2. The summed E-state index contributed by atoms with van der Waals surface area (Å²) < 4.78 is 0. The summed E-state index contributed by atoms with van der Waals surface area (Å²) >= 11 is 5.76. The Morgan fingerprint density at radius 1 is 1.11 bits per heavy atom. The quantitative estimate of drug-likeness (QED) is 0.857. The summed E-state index contributed by atoms with van der Waals surface area (Å²) in [4.78, 5) is 12.1. The van der Waals surface area contributed by atoms with Gasteiger partial charge in [-0.05, 0) is 42.3 Å². The molecule has 0 fully saturated rings. The molecule has 0 spiro atoms. The predicted molar refractivity (Wildman–Crippen MR) is 71.9 cm³/mol. The second-order valence-corrected chi connectivity index (χ2v) is 4.57. The third kappa shape index (κ3) is 2.61. The highest BCUT2D eigenvalue weighted by atomic mass is 35.5. The highest BCUT2D eigenvalue weighted by Crippen LogP contribution is 2.22. The van der Waals surface area contributed by atoms with Crippen LogP contribution < -0.4 is 0 Å². The van der Waals surface area contributed by atoms with Crippen LogP contribution in [0.2, 0.25) is 5.02 Å². The van der Waals surface area contributed by atoms with Crippen LogP contribution in [0.3, 0.4) is 0 Å². The van der Waals surface area contributed by atoms with Gasteiger partial charge in [-0.2, -0.15) is 0 Å². The van der Waals surface area contributed by atoms with Crippen LogP contribution in [0.15, 0.2) is 48.5 Å². The first-order valence-corrected chi connectivity index (χ1v) is 6.01. The molecule has 2 rings (SSSR count).